The van der Waals surface area contributed by atoms with Crippen LogP contribution in [0.4, 0.5) is 5.69 Å². The van der Waals surface area contributed by atoms with Crippen molar-refractivity contribution in [1.29, 1.82) is 0 Å². The first-order chi connectivity index (χ1) is 14.0. The monoisotopic (exact) mass is 390 g/mol. The molecule has 7 nitrogen and oxygen atoms in total. The SMILES string of the molecule is COc1ccc([C@H]2[C@@H](C(=O)Nc3cnn(C)c3)c3ccccc3C(=O)N2C)cc1. The standard InChI is InChI=1S/C22H22N4O3/c1-25-13-15(12-23-25)24-21(27)19-17-6-4-5-7-18(17)22(28)26(2)20(19)14-8-10-16(29-3)11-9-14/h4-13,19-20H,1-3H3,(H,24,27)/t19-,20-/m0/s1. The third-order valence-electron chi connectivity index (χ3n) is 5.29. The highest BCUT2D eigenvalue weighted by Gasteiger charge is 2.42. The minimum atomic E-state index is -0.567. The Labute approximate surface area is 168 Å². The van der Waals surface area contributed by atoms with Gasteiger partial charge in [0.05, 0.1) is 31.0 Å². The molecule has 2 atom stereocenters. The zero-order chi connectivity index (χ0) is 20.5. The Morgan fingerprint density at radius 2 is 1.83 bits per heavy atom. The number of ether oxygens (including phenoxy) is 1. The van der Waals surface area contributed by atoms with E-state index >= 15 is 0 Å². The van der Waals surface area contributed by atoms with E-state index in [0.717, 1.165) is 16.9 Å². The maximum atomic E-state index is 13.4. The number of amides is 2. The van der Waals surface area contributed by atoms with Gasteiger partial charge in [0.15, 0.2) is 0 Å². The molecule has 0 unspecified atom stereocenters. The Balaban J connectivity index is 1.79. The van der Waals surface area contributed by atoms with Crippen molar-refractivity contribution in [2.75, 3.05) is 19.5 Å². The van der Waals surface area contributed by atoms with E-state index in [2.05, 4.69) is 10.4 Å². The smallest absolute Gasteiger partial charge is 0.254 e. The molecule has 7 heteroatoms. The Kier molecular flexibility index (Phi) is 4.80. The number of aryl methyl sites for hydroxylation is 1. The molecule has 0 spiro atoms. The minimum absolute atomic E-state index is 0.105. The molecule has 0 saturated heterocycles. The number of likely N-dealkylation sites (N-methyl/N-ethyl adjacent to an activating group) is 1. The average molecular weight is 390 g/mol. The van der Waals surface area contributed by atoms with E-state index in [0.29, 0.717) is 11.3 Å². The Bertz CT molecular complexity index is 1060. The van der Waals surface area contributed by atoms with E-state index in [-0.39, 0.29) is 11.8 Å². The molecule has 0 bridgehead atoms. The molecule has 1 aliphatic rings. The van der Waals surface area contributed by atoms with E-state index in [1.54, 1.807) is 49.2 Å². The average Bonchev–Trinajstić information content (AvgIpc) is 3.15. The molecule has 2 amide bonds. The number of fused-ring (bicyclic) bond motifs is 1. The zero-order valence-electron chi connectivity index (χ0n) is 16.5. The molecule has 2 aromatic carbocycles. The van der Waals surface area contributed by atoms with Crippen LogP contribution in [0, 0.1) is 0 Å². The second-order valence-electron chi connectivity index (χ2n) is 7.09. The Morgan fingerprint density at radius 3 is 2.48 bits per heavy atom. The van der Waals surface area contributed by atoms with E-state index in [4.69, 9.17) is 4.74 Å². The Hall–Kier alpha value is -3.61. The maximum absolute atomic E-state index is 13.4. The van der Waals surface area contributed by atoms with Gasteiger partial charge in [-0.1, -0.05) is 30.3 Å². The summed E-state index contributed by atoms with van der Waals surface area (Å²) in [6.45, 7) is 0. The van der Waals surface area contributed by atoms with Crippen LogP contribution in [-0.4, -0.2) is 40.7 Å². The lowest BCUT2D eigenvalue weighted by Gasteiger charge is -2.39. The summed E-state index contributed by atoms with van der Waals surface area (Å²) >= 11 is 0. The number of carbonyl (C=O) groups excluding carboxylic acids is 2. The van der Waals surface area contributed by atoms with Gasteiger partial charge in [0, 0.05) is 25.9 Å². The fourth-order valence-corrected chi connectivity index (χ4v) is 3.88. The van der Waals surface area contributed by atoms with Crippen molar-refractivity contribution in [3.05, 3.63) is 77.6 Å². The molecule has 0 aliphatic carbocycles. The van der Waals surface area contributed by atoms with Gasteiger partial charge in [-0.3, -0.25) is 14.3 Å². The van der Waals surface area contributed by atoms with Crippen LogP contribution in [0.15, 0.2) is 60.9 Å². The van der Waals surface area contributed by atoms with Gasteiger partial charge in [-0.15, -0.1) is 0 Å². The molecule has 1 aromatic heterocycles. The van der Waals surface area contributed by atoms with Gasteiger partial charge >= 0.3 is 0 Å². The summed E-state index contributed by atoms with van der Waals surface area (Å²) < 4.78 is 6.87. The molecule has 4 rings (SSSR count). The number of carbonyl (C=O) groups is 2. The third kappa shape index (κ3) is 3.35. The first-order valence-corrected chi connectivity index (χ1v) is 9.29. The topological polar surface area (TPSA) is 76.5 Å². The molecular formula is C22H22N4O3. The van der Waals surface area contributed by atoms with E-state index in [9.17, 15) is 9.59 Å². The van der Waals surface area contributed by atoms with Crippen LogP contribution in [0.2, 0.25) is 0 Å². The number of aromatic nitrogens is 2. The van der Waals surface area contributed by atoms with Gasteiger partial charge in [0.2, 0.25) is 5.91 Å². The quantitative estimate of drug-likeness (QED) is 0.743. The summed E-state index contributed by atoms with van der Waals surface area (Å²) in [7, 11) is 5.13. The summed E-state index contributed by atoms with van der Waals surface area (Å²) in [5, 5.41) is 7.05. The fourth-order valence-electron chi connectivity index (χ4n) is 3.88. The summed E-state index contributed by atoms with van der Waals surface area (Å²) in [5.74, 6) is -0.143. The van der Waals surface area contributed by atoms with Gasteiger partial charge in [-0.2, -0.15) is 5.10 Å². The number of anilines is 1. The van der Waals surface area contributed by atoms with Crippen molar-refractivity contribution >= 4 is 17.5 Å². The number of nitrogens with zero attached hydrogens (tertiary/aromatic N) is 3. The van der Waals surface area contributed by atoms with Crippen LogP contribution in [0.25, 0.3) is 0 Å². The van der Waals surface area contributed by atoms with E-state index in [1.807, 2.05) is 42.5 Å². The first-order valence-electron chi connectivity index (χ1n) is 9.29. The molecule has 0 saturated carbocycles. The molecule has 148 valence electrons. The number of methoxy groups -OCH3 is 1. The lowest BCUT2D eigenvalue weighted by atomic mass is 9.79. The number of hydrogen-bond acceptors (Lipinski definition) is 4. The van der Waals surface area contributed by atoms with Crippen molar-refractivity contribution in [3.8, 4) is 5.75 Å². The van der Waals surface area contributed by atoms with E-state index in [1.165, 1.54) is 0 Å². The number of hydrogen-bond donors (Lipinski definition) is 1. The van der Waals surface area contributed by atoms with Gasteiger partial charge in [0.1, 0.15) is 5.75 Å². The molecule has 1 N–H and O–H groups in total. The minimum Gasteiger partial charge on any atom is -0.497 e. The zero-order valence-corrected chi connectivity index (χ0v) is 16.5. The number of nitrogens with one attached hydrogen (secondary N) is 1. The summed E-state index contributed by atoms with van der Waals surface area (Å²) in [5.41, 5.74) is 2.74. The lowest BCUT2D eigenvalue weighted by molar-refractivity contribution is -0.119. The van der Waals surface area contributed by atoms with Crippen LogP contribution in [-0.2, 0) is 11.8 Å². The van der Waals surface area contributed by atoms with Crippen molar-refractivity contribution in [1.82, 2.24) is 14.7 Å². The van der Waals surface area contributed by atoms with Crippen LogP contribution < -0.4 is 10.1 Å². The van der Waals surface area contributed by atoms with Gasteiger partial charge < -0.3 is 15.0 Å². The maximum Gasteiger partial charge on any atom is 0.254 e. The second kappa shape index (κ2) is 7.43. The van der Waals surface area contributed by atoms with Gasteiger partial charge in [-0.05, 0) is 29.3 Å². The van der Waals surface area contributed by atoms with E-state index < -0.39 is 12.0 Å². The third-order valence-corrected chi connectivity index (χ3v) is 5.29. The van der Waals surface area contributed by atoms with Crippen molar-refractivity contribution in [3.63, 3.8) is 0 Å². The predicted octanol–water partition coefficient (Wildman–Crippen LogP) is 2.98. The van der Waals surface area contributed by atoms with Crippen molar-refractivity contribution in [2.45, 2.75) is 12.0 Å². The highest BCUT2D eigenvalue weighted by molar-refractivity contribution is 6.04. The molecule has 0 fully saturated rings. The normalized spacial score (nSPS) is 18.3. The first kappa shape index (κ1) is 18.7. The van der Waals surface area contributed by atoms with Gasteiger partial charge in [-0.25, -0.2) is 0 Å². The van der Waals surface area contributed by atoms with Crippen LogP contribution in [0.5, 0.6) is 5.75 Å². The number of benzene rings is 2. The van der Waals surface area contributed by atoms with Crippen LogP contribution >= 0.6 is 0 Å². The molecular weight excluding hydrogens is 368 g/mol. The van der Waals surface area contributed by atoms with Crippen molar-refractivity contribution < 1.29 is 14.3 Å². The van der Waals surface area contributed by atoms with Crippen LogP contribution in [0.1, 0.15) is 33.4 Å². The number of rotatable bonds is 4. The van der Waals surface area contributed by atoms with Crippen LogP contribution in [0.3, 0.4) is 0 Å². The summed E-state index contributed by atoms with van der Waals surface area (Å²) in [4.78, 5) is 28.0. The summed E-state index contributed by atoms with van der Waals surface area (Å²) in [6, 6.07) is 14.3. The molecule has 0 radical (unpaired) electrons. The molecule has 1 aliphatic heterocycles. The Morgan fingerprint density at radius 1 is 1.10 bits per heavy atom. The predicted molar refractivity (Wildman–Crippen MR) is 109 cm³/mol. The lowest BCUT2D eigenvalue weighted by Crippen LogP contribution is -2.44. The molecule has 29 heavy (non-hydrogen) atoms. The highest BCUT2D eigenvalue weighted by atomic mass is 16.5. The highest BCUT2D eigenvalue weighted by Crippen LogP contribution is 2.42. The van der Waals surface area contributed by atoms with Crippen molar-refractivity contribution in [2.24, 2.45) is 7.05 Å². The van der Waals surface area contributed by atoms with Gasteiger partial charge in [0.25, 0.3) is 5.91 Å². The fraction of sp³-hybridized carbons (Fsp3) is 0.227. The molecule has 2 heterocycles. The summed E-state index contributed by atoms with van der Waals surface area (Å²) in [6.07, 6.45) is 3.34. The largest absolute Gasteiger partial charge is 0.497 e. The second-order valence-corrected chi connectivity index (χ2v) is 7.09. The molecule has 3 aromatic rings.